The van der Waals surface area contributed by atoms with Gasteiger partial charge in [-0.05, 0) is 25.1 Å². The minimum Gasteiger partial charge on any atom is -0.475 e. The number of rotatable bonds is 6. The zero-order valence-corrected chi connectivity index (χ0v) is 17.4. The van der Waals surface area contributed by atoms with E-state index in [4.69, 9.17) is 15.6 Å². The van der Waals surface area contributed by atoms with Gasteiger partial charge in [-0.1, -0.05) is 0 Å². The van der Waals surface area contributed by atoms with Crippen molar-refractivity contribution >= 4 is 5.97 Å². The van der Waals surface area contributed by atoms with Gasteiger partial charge in [0.2, 0.25) is 0 Å². The molecule has 1 aromatic carbocycles. The average Bonchev–Trinajstić information content (AvgIpc) is 3.38. The van der Waals surface area contributed by atoms with Crippen LogP contribution >= 0.6 is 0 Å². The number of benzene rings is 1. The fourth-order valence-corrected chi connectivity index (χ4v) is 2.67. The maximum absolute atomic E-state index is 14.6. The number of aryl methyl sites for hydroxylation is 1. The number of nitrogens with two attached hydrogens (primary N) is 1. The van der Waals surface area contributed by atoms with Crippen molar-refractivity contribution in [2.24, 2.45) is 5.73 Å². The number of nitrogens with zero attached hydrogens (tertiary/aromatic N) is 4. The summed E-state index contributed by atoms with van der Waals surface area (Å²) in [6.45, 7) is 2.18. The molecule has 9 nitrogen and oxygen atoms in total. The number of alkyl halides is 3. The van der Waals surface area contributed by atoms with Gasteiger partial charge >= 0.3 is 17.8 Å². The van der Waals surface area contributed by atoms with Crippen LogP contribution in [-0.2, 0) is 17.8 Å². The maximum Gasteiger partial charge on any atom is 0.490 e. The first-order valence-corrected chi connectivity index (χ1v) is 9.41. The lowest BCUT2D eigenvalue weighted by Gasteiger charge is -2.09. The Kier molecular flexibility index (Phi) is 8.40. The number of aromatic amines is 1. The van der Waals surface area contributed by atoms with Crippen molar-refractivity contribution in [1.29, 1.82) is 0 Å². The first-order chi connectivity index (χ1) is 15.9. The van der Waals surface area contributed by atoms with Gasteiger partial charge in [-0.2, -0.15) is 32.1 Å². The molecule has 0 saturated carbocycles. The van der Waals surface area contributed by atoms with Crippen molar-refractivity contribution in [3.05, 3.63) is 64.4 Å². The smallest absolute Gasteiger partial charge is 0.475 e. The molecule has 2 heterocycles. The van der Waals surface area contributed by atoms with E-state index in [1.807, 2.05) is 6.92 Å². The first kappa shape index (κ1) is 26.4. The summed E-state index contributed by atoms with van der Waals surface area (Å²) in [7, 11) is 0. The Labute approximate surface area is 187 Å². The molecule has 0 atom stereocenters. The predicted octanol–water partition coefficient (Wildman–Crippen LogP) is 2.87. The molecule has 0 aliphatic carbocycles. The van der Waals surface area contributed by atoms with E-state index in [9.17, 15) is 31.1 Å². The molecule has 3 rings (SSSR count). The summed E-state index contributed by atoms with van der Waals surface area (Å²) in [6.07, 6.45) is -4.09. The van der Waals surface area contributed by atoms with E-state index >= 15 is 0 Å². The fraction of sp³-hybridized carbons (Fsp3) is 0.263. The van der Waals surface area contributed by atoms with Gasteiger partial charge in [-0.25, -0.2) is 23.6 Å². The number of H-pyrrole nitrogens is 1. The second-order valence-corrected chi connectivity index (χ2v) is 6.58. The fourth-order valence-electron chi connectivity index (χ4n) is 2.67. The van der Waals surface area contributed by atoms with E-state index in [-0.39, 0.29) is 30.1 Å². The number of carboxylic acids is 1. The molecule has 0 spiro atoms. The van der Waals surface area contributed by atoms with E-state index in [1.54, 1.807) is 17.1 Å². The molecule has 34 heavy (non-hydrogen) atoms. The van der Waals surface area contributed by atoms with Crippen LogP contribution in [0.5, 0.6) is 0 Å². The summed E-state index contributed by atoms with van der Waals surface area (Å²) in [4.78, 5) is 21.0. The first-order valence-electron chi connectivity index (χ1n) is 9.41. The topological polar surface area (TPSA) is 132 Å². The third kappa shape index (κ3) is 6.34. The van der Waals surface area contributed by atoms with E-state index in [0.29, 0.717) is 17.7 Å². The summed E-state index contributed by atoms with van der Waals surface area (Å²) in [5.74, 6) is -3.32. The molecule has 0 aliphatic rings. The van der Waals surface area contributed by atoms with Gasteiger partial charge in [-0.3, -0.25) is 4.68 Å². The minimum absolute atomic E-state index is 0.0132. The highest BCUT2D eigenvalue weighted by Gasteiger charge is 2.38. The van der Waals surface area contributed by atoms with Crippen LogP contribution in [0.2, 0.25) is 0 Å². The maximum atomic E-state index is 14.6. The lowest BCUT2D eigenvalue weighted by atomic mass is 10.1. The number of halogens is 6. The van der Waals surface area contributed by atoms with Crippen LogP contribution in [-0.4, -0.2) is 48.3 Å². The molecule has 0 fully saturated rings. The number of carbonyl (C=O) groups is 1. The zero-order valence-electron chi connectivity index (χ0n) is 17.4. The van der Waals surface area contributed by atoms with E-state index < -0.39 is 29.7 Å². The summed E-state index contributed by atoms with van der Waals surface area (Å²) >= 11 is 0. The molecular weight excluding hydrogens is 474 g/mol. The summed E-state index contributed by atoms with van der Waals surface area (Å²) < 4.78 is 74.8. The van der Waals surface area contributed by atoms with Gasteiger partial charge in [0, 0.05) is 42.4 Å². The molecule has 0 bridgehead atoms. The molecule has 0 amide bonds. The number of aromatic nitrogens is 5. The Morgan fingerprint density at radius 2 is 1.91 bits per heavy atom. The molecule has 0 saturated heterocycles. The number of nitrogens with one attached hydrogen (secondary N) is 1. The number of hydrogen-bond acceptors (Lipinski definition) is 5. The molecular formula is C19H18F6N6O3. The van der Waals surface area contributed by atoms with Crippen LogP contribution in [0.4, 0.5) is 26.3 Å². The third-order valence-corrected chi connectivity index (χ3v) is 4.35. The van der Waals surface area contributed by atoms with Crippen LogP contribution in [0.15, 0.2) is 47.0 Å². The van der Waals surface area contributed by atoms with Gasteiger partial charge in [0.15, 0.2) is 0 Å². The normalized spacial score (nSPS) is 11.1. The van der Waals surface area contributed by atoms with Crippen LogP contribution in [0.3, 0.4) is 0 Å². The van der Waals surface area contributed by atoms with Crippen molar-refractivity contribution in [3.8, 4) is 16.8 Å². The molecule has 15 heteroatoms. The van der Waals surface area contributed by atoms with Gasteiger partial charge in [0.25, 0.3) is 6.08 Å². The number of hydrogen-bond donors (Lipinski definition) is 3. The van der Waals surface area contributed by atoms with Crippen LogP contribution in [0, 0.1) is 5.82 Å². The van der Waals surface area contributed by atoms with Gasteiger partial charge in [0.05, 0.1) is 11.9 Å². The molecule has 184 valence electrons. The highest BCUT2D eigenvalue weighted by atomic mass is 19.4. The van der Waals surface area contributed by atoms with Crippen LogP contribution in [0.1, 0.15) is 12.7 Å². The van der Waals surface area contributed by atoms with Gasteiger partial charge in [-0.15, -0.1) is 0 Å². The summed E-state index contributed by atoms with van der Waals surface area (Å²) in [6, 6.07) is 4.16. The molecule has 0 aliphatic heterocycles. The summed E-state index contributed by atoms with van der Waals surface area (Å²) in [5, 5.41) is 17.2. The SMILES string of the molecule is CCn1cc(-c2ccc(-n3c(CC(CN)=C(F)F)n[nH]c3=O)cc2F)cn1.O=C(O)C(F)(F)F. The summed E-state index contributed by atoms with van der Waals surface area (Å²) in [5.41, 5.74) is 5.37. The lowest BCUT2D eigenvalue weighted by molar-refractivity contribution is -0.192. The van der Waals surface area contributed by atoms with Crippen molar-refractivity contribution in [3.63, 3.8) is 0 Å². The Hall–Kier alpha value is -3.88. The Balaban J connectivity index is 0.000000509. The highest BCUT2D eigenvalue weighted by Crippen LogP contribution is 2.25. The largest absolute Gasteiger partial charge is 0.490 e. The predicted molar refractivity (Wildman–Crippen MR) is 107 cm³/mol. The molecule has 3 aromatic rings. The van der Waals surface area contributed by atoms with Crippen molar-refractivity contribution < 1.29 is 36.2 Å². The van der Waals surface area contributed by atoms with Crippen molar-refractivity contribution in [2.45, 2.75) is 26.1 Å². The number of aliphatic carboxylic acids is 1. The van der Waals surface area contributed by atoms with Crippen molar-refractivity contribution in [1.82, 2.24) is 24.5 Å². The molecule has 0 unspecified atom stereocenters. The minimum atomic E-state index is -5.08. The lowest BCUT2D eigenvalue weighted by Crippen LogP contribution is -2.21. The van der Waals surface area contributed by atoms with E-state index in [0.717, 1.165) is 10.6 Å². The molecule has 0 radical (unpaired) electrons. The highest BCUT2D eigenvalue weighted by molar-refractivity contribution is 5.73. The Bertz CT molecular complexity index is 1240. The number of carboxylic acid groups (broad SMARTS) is 1. The molecule has 2 aromatic heterocycles. The van der Waals surface area contributed by atoms with Crippen molar-refractivity contribution in [2.75, 3.05) is 6.54 Å². The molecule has 4 N–H and O–H groups in total. The average molecular weight is 492 g/mol. The quantitative estimate of drug-likeness (QED) is 0.454. The zero-order chi connectivity index (χ0) is 25.6. The van der Waals surface area contributed by atoms with Gasteiger partial charge < -0.3 is 10.8 Å². The second-order valence-electron chi connectivity index (χ2n) is 6.58. The Morgan fingerprint density at radius 3 is 2.38 bits per heavy atom. The third-order valence-electron chi connectivity index (χ3n) is 4.35. The van der Waals surface area contributed by atoms with E-state index in [2.05, 4.69) is 15.3 Å². The standard InChI is InChI=1S/C17H17F3N6O.C2HF3O2/c1-2-25-9-11(8-22-25)13-4-3-12(6-14(13)18)26-15(23-24-17(26)27)5-10(7-21)16(19)20;3-2(4,5)1(6)7/h3-4,6,8-9H,2,5,7,21H2,1H3,(H,24,27);(H,6,7). The van der Waals surface area contributed by atoms with Crippen LogP contribution in [0.25, 0.3) is 16.8 Å². The van der Waals surface area contributed by atoms with E-state index in [1.165, 1.54) is 12.1 Å². The van der Waals surface area contributed by atoms with Gasteiger partial charge in [0.1, 0.15) is 11.6 Å². The second kappa shape index (κ2) is 10.8. The monoisotopic (exact) mass is 492 g/mol. The Morgan fingerprint density at radius 1 is 1.26 bits per heavy atom. The van der Waals surface area contributed by atoms with Crippen LogP contribution < -0.4 is 11.4 Å².